The van der Waals surface area contributed by atoms with Crippen LogP contribution in [0.3, 0.4) is 0 Å². The molecule has 0 amide bonds. The molecule has 0 aromatic carbocycles. The van der Waals surface area contributed by atoms with Crippen LogP contribution in [0.5, 0.6) is 0 Å². The quantitative estimate of drug-likeness (QED) is 0.339. The maximum absolute atomic E-state index is 10.5. The van der Waals surface area contributed by atoms with Gasteiger partial charge in [-0.25, -0.2) is 4.79 Å². The second kappa shape index (κ2) is 7.84. The topological polar surface area (TPSA) is 61.8 Å². The van der Waals surface area contributed by atoms with E-state index in [0.29, 0.717) is 19.5 Å². The third kappa shape index (κ3) is 6.85. The van der Waals surface area contributed by atoms with E-state index in [1.54, 1.807) is 6.92 Å². The smallest absolute Gasteiger partial charge is 0.468 e. The van der Waals surface area contributed by atoms with Crippen LogP contribution in [0, 0.1) is 0 Å². The predicted molar refractivity (Wildman–Crippen MR) is 39.6 cm³/mol. The molecule has 0 aliphatic heterocycles. The normalized spacial score (nSPS) is 8.75. The molecule has 0 aliphatic rings. The Balaban J connectivity index is 3.08. The van der Waals surface area contributed by atoms with Gasteiger partial charge >= 0.3 is 6.16 Å². The maximum atomic E-state index is 10.5. The Morgan fingerprint density at radius 1 is 1.33 bits per heavy atom. The highest BCUT2D eigenvalue weighted by molar-refractivity contribution is 5.59. The van der Waals surface area contributed by atoms with E-state index in [1.165, 1.54) is 0 Å². The fraction of sp³-hybridized carbons (Fsp3) is 0.714. The van der Waals surface area contributed by atoms with Crippen molar-refractivity contribution in [2.75, 3.05) is 19.8 Å². The predicted octanol–water partition coefficient (Wildman–Crippen LogP) is 0.723. The number of carbonyl (C=O) groups excluding carboxylic acids is 2. The lowest BCUT2D eigenvalue weighted by Gasteiger charge is -2.02. The molecule has 0 fully saturated rings. The van der Waals surface area contributed by atoms with Crippen molar-refractivity contribution >= 4 is 12.6 Å². The fourth-order valence-corrected chi connectivity index (χ4v) is 0.505. The highest BCUT2D eigenvalue weighted by Gasteiger charge is 2.00. The molecular formula is C7H12O5. The molecular weight excluding hydrogens is 164 g/mol. The Bertz CT molecular complexity index is 134. The number of rotatable bonds is 6. The van der Waals surface area contributed by atoms with Crippen LogP contribution in [-0.2, 0) is 19.0 Å². The molecule has 0 saturated heterocycles. The summed E-state index contributed by atoms with van der Waals surface area (Å²) in [6, 6.07) is 0. The molecule has 0 spiro atoms. The van der Waals surface area contributed by atoms with Crippen molar-refractivity contribution in [1.29, 1.82) is 0 Å². The fourth-order valence-electron chi connectivity index (χ4n) is 0.505. The molecule has 0 heterocycles. The Kier molecular flexibility index (Phi) is 7.02. The van der Waals surface area contributed by atoms with Gasteiger partial charge in [0.25, 0.3) is 6.47 Å². The van der Waals surface area contributed by atoms with Crippen molar-refractivity contribution in [3.05, 3.63) is 0 Å². The molecule has 0 atom stereocenters. The minimum absolute atomic E-state index is 0.201. The van der Waals surface area contributed by atoms with E-state index in [9.17, 15) is 9.59 Å². The first-order chi connectivity index (χ1) is 5.81. The minimum Gasteiger partial charge on any atom is -0.468 e. The molecule has 0 rings (SSSR count). The van der Waals surface area contributed by atoms with Gasteiger partial charge in [0.1, 0.15) is 0 Å². The lowest BCUT2D eigenvalue weighted by molar-refractivity contribution is -0.128. The lowest BCUT2D eigenvalue weighted by atomic mass is 10.5. The van der Waals surface area contributed by atoms with Gasteiger partial charge in [0.2, 0.25) is 0 Å². The van der Waals surface area contributed by atoms with Crippen molar-refractivity contribution in [1.82, 2.24) is 0 Å². The van der Waals surface area contributed by atoms with Gasteiger partial charge in [0.05, 0.1) is 19.8 Å². The zero-order chi connectivity index (χ0) is 9.23. The minimum atomic E-state index is -0.691. The Labute approximate surface area is 70.6 Å². The van der Waals surface area contributed by atoms with Gasteiger partial charge in [-0.2, -0.15) is 0 Å². The van der Waals surface area contributed by atoms with E-state index in [-0.39, 0.29) is 13.2 Å². The highest BCUT2D eigenvalue weighted by Crippen LogP contribution is 1.88. The summed E-state index contributed by atoms with van der Waals surface area (Å²) in [5.74, 6) is 0. The van der Waals surface area contributed by atoms with E-state index in [1.807, 2.05) is 0 Å². The average Bonchev–Trinajstić information content (AvgIpc) is 2.05. The number of ether oxygens (including phenoxy) is 3. The van der Waals surface area contributed by atoms with Crippen molar-refractivity contribution in [2.24, 2.45) is 0 Å². The largest absolute Gasteiger partial charge is 0.508 e. The summed E-state index contributed by atoms with van der Waals surface area (Å²) < 4.78 is 13.4. The van der Waals surface area contributed by atoms with Crippen LogP contribution < -0.4 is 0 Å². The molecule has 0 aromatic heterocycles. The molecule has 0 aromatic rings. The lowest BCUT2D eigenvalue weighted by Crippen LogP contribution is -2.09. The summed E-state index contributed by atoms with van der Waals surface area (Å²) in [5, 5.41) is 0. The maximum Gasteiger partial charge on any atom is 0.508 e. The monoisotopic (exact) mass is 176 g/mol. The van der Waals surface area contributed by atoms with Crippen LogP contribution in [0.1, 0.15) is 13.3 Å². The molecule has 5 heteroatoms. The van der Waals surface area contributed by atoms with Gasteiger partial charge in [-0.1, -0.05) is 0 Å². The molecule has 0 N–H and O–H groups in total. The Morgan fingerprint density at radius 2 is 2.08 bits per heavy atom. The van der Waals surface area contributed by atoms with E-state index in [2.05, 4.69) is 14.2 Å². The average molecular weight is 176 g/mol. The third-order valence-corrected chi connectivity index (χ3v) is 0.957. The van der Waals surface area contributed by atoms with Gasteiger partial charge in [0, 0.05) is 6.42 Å². The number of carbonyl (C=O) groups is 2. The molecule has 70 valence electrons. The zero-order valence-electron chi connectivity index (χ0n) is 6.95. The van der Waals surface area contributed by atoms with E-state index < -0.39 is 6.16 Å². The van der Waals surface area contributed by atoms with Gasteiger partial charge < -0.3 is 14.2 Å². The first-order valence-electron chi connectivity index (χ1n) is 3.66. The zero-order valence-corrected chi connectivity index (χ0v) is 6.95. The van der Waals surface area contributed by atoms with Crippen LogP contribution in [0.4, 0.5) is 4.79 Å². The van der Waals surface area contributed by atoms with E-state index in [4.69, 9.17) is 0 Å². The molecule has 0 bridgehead atoms. The Hall–Kier alpha value is -1.26. The van der Waals surface area contributed by atoms with Crippen LogP contribution in [0.15, 0.2) is 0 Å². The Morgan fingerprint density at radius 3 is 2.67 bits per heavy atom. The van der Waals surface area contributed by atoms with Crippen molar-refractivity contribution in [2.45, 2.75) is 13.3 Å². The molecule has 5 nitrogen and oxygen atoms in total. The summed E-state index contributed by atoms with van der Waals surface area (Å²) in [5.41, 5.74) is 0. The van der Waals surface area contributed by atoms with Crippen LogP contribution in [-0.4, -0.2) is 32.4 Å². The molecule has 0 radical (unpaired) electrons. The molecule has 0 saturated carbocycles. The van der Waals surface area contributed by atoms with Crippen molar-refractivity contribution < 1.29 is 23.8 Å². The molecule has 12 heavy (non-hydrogen) atoms. The third-order valence-electron chi connectivity index (χ3n) is 0.957. The summed E-state index contributed by atoms with van der Waals surface area (Å²) in [4.78, 5) is 20.2. The van der Waals surface area contributed by atoms with E-state index in [0.717, 1.165) is 0 Å². The second-order valence-electron chi connectivity index (χ2n) is 1.85. The first kappa shape index (κ1) is 10.7. The van der Waals surface area contributed by atoms with Gasteiger partial charge in [-0.3, -0.25) is 4.79 Å². The SMILES string of the molecule is CCOC(=O)OCCCOC=O. The number of hydrogen-bond donors (Lipinski definition) is 0. The van der Waals surface area contributed by atoms with Crippen LogP contribution in [0.2, 0.25) is 0 Å². The standard InChI is InChI=1S/C7H12O5/c1-2-11-7(9)12-5-3-4-10-6-8/h6H,2-5H2,1H3. The summed E-state index contributed by atoms with van der Waals surface area (Å²) in [6.45, 7) is 2.79. The van der Waals surface area contributed by atoms with Crippen LogP contribution >= 0.6 is 0 Å². The highest BCUT2D eigenvalue weighted by atomic mass is 16.7. The second-order valence-corrected chi connectivity index (χ2v) is 1.85. The summed E-state index contributed by atoms with van der Waals surface area (Å²) in [7, 11) is 0. The number of hydrogen-bond acceptors (Lipinski definition) is 5. The molecule has 0 unspecified atom stereocenters. The van der Waals surface area contributed by atoms with Crippen LogP contribution in [0.25, 0.3) is 0 Å². The first-order valence-corrected chi connectivity index (χ1v) is 3.66. The van der Waals surface area contributed by atoms with Gasteiger partial charge in [-0.05, 0) is 6.92 Å². The van der Waals surface area contributed by atoms with Gasteiger partial charge in [0.15, 0.2) is 0 Å². The van der Waals surface area contributed by atoms with Crippen molar-refractivity contribution in [3.63, 3.8) is 0 Å². The summed E-state index contributed by atoms with van der Waals surface area (Å²) in [6.07, 6.45) is -0.207. The molecule has 0 aliphatic carbocycles. The van der Waals surface area contributed by atoms with Gasteiger partial charge in [-0.15, -0.1) is 0 Å². The van der Waals surface area contributed by atoms with E-state index >= 15 is 0 Å². The summed E-state index contributed by atoms with van der Waals surface area (Å²) >= 11 is 0. The van der Waals surface area contributed by atoms with Crippen molar-refractivity contribution in [3.8, 4) is 0 Å².